The van der Waals surface area contributed by atoms with Gasteiger partial charge >= 0.3 is 0 Å². The topological polar surface area (TPSA) is 40.6 Å². The highest BCUT2D eigenvalue weighted by Gasteiger charge is 2.55. The van der Waals surface area contributed by atoms with Crippen LogP contribution in [0.25, 0.3) is 0 Å². The van der Waals surface area contributed by atoms with E-state index in [1.54, 1.807) is 12.1 Å². The predicted molar refractivity (Wildman–Crippen MR) is 104 cm³/mol. The summed E-state index contributed by atoms with van der Waals surface area (Å²) >= 11 is 0. The van der Waals surface area contributed by atoms with Crippen molar-refractivity contribution in [2.45, 2.75) is 38.5 Å². The molecule has 4 bridgehead atoms. The summed E-state index contributed by atoms with van der Waals surface area (Å²) < 4.78 is 13.0. The molecule has 5 heteroatoms. The van der Waals surface area contributed by atoms with Gasteiger partial charge in [0.05, 0.1) is 12.0 Å². The average Bonchev–Trinajstić information content (AvgIpc) is 2.67. The first-order valence-corrected chi connectivity index (χ1v) is 10.8. The van der Waals surface area contributed by atoms with Crippen LogP contribution < -0.4 is 0 Å². The van der Waals surface area contributed by atoms with Gasteiger partial charge in [-0.1, -0.05) is 0 Å². The number of ketones is 1. The van der Waals surface area contributed by atoms with Gasteiger partial charge in [0, 0.05) is 31.7 Å². The summed E-state index contributed by atoms with van der Waals surface area (Å²) in [6.07, 6.45) is 7.40. The SMILES string of the molecule is O=C(CN1CCN(C(=O)C23CC4CC(CC(C4)C2)C3)CC1)c1ccc(F)cc1. The highest BCUT2D eigenvalue weighted by Crippen LogP contribution is 2.60. The number of carbonyl (C=O) groups is 2. The predicted octanol–water partition coefficient (Wildman–Crippen LogP) is 3.37. The van der Waals surface area contributed by atoms with Crippen molar-refractivity contribution in [3.63, 3.8) is 0 Å². The molecular weight excluding hydrogens is 355 g/mol. The van der Waals surface area contributed by atoms with Gasteiger partial charge in [0.1, 0.15) is 5.82 Å². The van der Waals surface area contributed by atoms with Crippen LogP contribution in [0, 0.1) is 29.0 Å². The third-order valence-corrected chi connectivity index (χ3v) is 7.68. The Morgan fingerprint density at radius 3 is 1.96 bits per heavy atom. The lowest BCUT2D eigenvalue weighted by atomic mass is 9.49. The minimum Gasteiger partial charge on any atom is -0.340 e. The molecule has 4 aliphatic carbocycles. The van der Waals surface area contributed by atoms with Crippen molar-refractivity contribution in [2.24, 2.45) is 23.2 Å². The average molecular weight is 384 g/mol. The summed E-state index contributed by atoms with van der Waals surface area (Å²) in [4.78, 5) is 30.1. The van der Waals surface area contributed by atoms with Crippen LogP contribution in [0.1, 0.15) is 48.9 Å². The smallest absolute Gasteiger partial charge is 0.228 e. The molecule has 4 saturated carbocycles. The Morgan fingerprint density at radius 1 is 0.893 bits per heavy atom. The van der Waals surface area contributed by atoms with Crippen LogP contribution in [-0.4, -0.2) is 54.2 Å². The third-order valence-electron chi connectivity index (χ3n) is 7.68. The third kappa shape index (κ3) is 3.28. The van der Waals surface area contributed by atoms with Crippen LogP contribution in [0.4, 0.5) is 4.39 Å². The standard InChI is InChI=1S/C23H29FN2O2/c24-20-3-1-19(2-4-20)21(27)15-25-5-7-26(8-6-25)22(28)23-12-16-9-17(13-23)11-18(10-16)14-23/h1-4,16-18H,5-15H2. The number of rotatable bonds is 4. The molecule has 0 aromatic heterocycles. The van der Waals surface area contributed by atoms with Crippen molar-refractivity contribution in [3.8, 4) is 0 Å². The van der Waals surface area contributed by atoms with E-state index in [9.17, 15) is 14.0 Å². The molecule has 28 heavy (non-hydrogen) atoms. The van der Waals surface area contributed by atoms with Crippen molar-refractivity contribution < 1.29 is 14.0 Å². The van der Waals surface area contributed by atoms with Crippen molar-refractivity contribution in [3.05, 3.63) is 35.6 Å². The summed E-state index contributed by atoms with van der Waals surface area (Å²) in [6, 6.07) is 5.75. The number of Topliss-reactive ketones (excluding diaryl/α,β-unsaturated/α-hetero) is 1. The summed E-state index contributed by atoms with van der Waals surface area (Å²) in [5.41, 5.74) is 0.481. The lowest BCUT2D eigenvalue weighted by molar-refractivity contribution is -0.159. The van der Waals surface area contributed by atoms with Crippen LogP contribution in [0.15, 0.2) is 24.3 Å². The van der Waals surface area contributed by atoms with E-state index < -0.39 is 0 Å². The maximum atomic E-state index is 13.4. The molecule has 1 heterocycles. The molecule has 0 atom stereocenters. The number of hydrogen-bond acceptors (Lipinski definition) is 3. The fraction of sp³-hybridized carbons (Fsp3) is 0.652. The largest absolute Gasteiger partial charge is 0.340 e. The molecule has 4 nitrogen and oxygen atoms in total. The van der Waals surface area contributed by atoms with E-state index >= 15 is 0 Å². The molecule has 1 aromatic rings. The number of nitrogens with zero attached hydrogens (tertiary/aromatic N) is 2. The van der Waals surface area contributed by atoms with Gasteiger partial charge in [-0.2, -0.15) is 0 Å². The van der Waals surface area contributed by atoms with Gasteiger partial charge < -0.3 is 4.90 Å². The molecule has 0 radical (unpaired) electrons. The van der Waals surface area contributed by atoms with E-state index in [1.165, 1.54) is 31.4 Å². The van der Waals surface area contributed by atoms with Gasteiger partial charge in [-0.25, -0.2) is 4.39 Å². The summed E-state index contributed by atoms with van der Waals surface area (Å²) in [6.45, 7) is 3.26. The minimum absolute atomic E-state index is 0.0147. The van der Waals surface area contributed by atoms with Gasteiger partial charge in [0.2, 0.25) is 5.91 Å². The quantitative estimate of drug-likeness (QED) is 0.748. The highest BCUT2D eigenvalue weighted by atomic mass is 19.1. The fourth-order valence-electron chi connectivity index (χ4n) is 6.75. The van der Waals surface area contributed by atoms with Crippen LogP contribution in [0.2, 0.25) is 0 Å². The van der Waals surface area contributed by atoms with Crippen molar-refractivity contribution in [1.29, 1.82) is 0 Å². The minimum atomic E-state index is -0.326. The zero-order valence-electron chi connectivity index (χ0n) is 16.4. The first-order valence-electron chi connectivity index (χ1n) is 10.8. The Balaban J connectivity index is 1.18. The van der Waals surface area contributed by atoms with Crippen molar-refractivity contribution in [1.82, 2.24) is 9.80 Å². The number of halogens is 1. The molecule has 6 rings (SSSR count). The van der Waals surface area contributed by atoms with E-state index in [-0.39, 0.29) is 17.0 Å². The second-order valence-electron chi connectivity index (χ2n) is 9.70. The Kier molecular flexibility index (Phi) is 4.53. The molecule has 0 unspecified atom stereocenters. The lowest BCUT2D eigenvalue weighted by Crippen LogP contribution is -2.58. The number of piperazine rings is 1. The molecule has 0 N–H and O–H groups in total. The molecule has 1 amide bonds. The fourth-order valence-corrected chi connectivity index (χ4v) is 6.75. The molecule has 150 valence electrons. The Labute approximate surface area is 166 Å². The van der Waals surface area contributed by atoms with E-state index in [4.69, 9.17) is 0 Å². The second-order valence-corrected chi connectivity index (χ2v) is 9.70. The molecule has 1 aromatic carbocycles. The molecule has 5 fully saturated rings. The second kappa shape index (κ2) is 6.94. The zero-order valence-corrected chi connectivity index (χ0v) is 16.4. The zero-order chi connectivity index (χ0) is 19.3. The highest BCUT2D eigenvalue weighted by molar-refractivity contribution is 5.97. The van der Waals surface area contributed by atoms with Gasteiger partial charge in [-0.15, -0.1) is 0 Å². The monoisotopic (exact) mass is 384 g/mol. The molecule has 1 aliphatic heterocycles. The molecule has 1 saturated heterocycles. The van der Waals surface area contributed by atoms with Gasteiger partial charge in [-0.3, -0.25) is 14.5 Å². The maximum Gasteiger partial charge on any atom is 0.228 e. The van der Waals surface area contributed by atoms with Crippen molar-refractivity contribution >= 4 is 11.7 Å². The van der Waals surface area contributed by atoms with Crippen LogP contribution >= 0.6 is 0 Å². The normalized spacial score (nSPS) is 34.6. The summed E-state index contributed by atoms with van der Waals surface area (Å²) in [7, 11) is 0. The number of carbonyl (C=O) groups excluding carboxylic acids is 2. The maximum absolute atomic E-state index is 13.4. The molecule has 5 aliphatic rings. The van der Waals surface area contributed by atoms with E-state index in [0.717, 1.165) is 63.2 Å². The summed E-state index contributed by atoms with van der Waals surface area (Å²) in [5.74, 6) is 2.43. The van der Waals surface area contributed by atoms with E-state index in [1.807, 2.05) is 0 Å². The van der Waals surface area contributed by atoms with E-state index in [2.05, 4.69) is 9.80 Å². The first-order chi connectivity index (χ1) is 13.5. The van der Waals surface area contributed by atoms with Crippen LogP contribution in [0.3, 0.4) is 0 Å². The van der Waals surface area contributed by atoms with Crippen LogP contribution in [0.5, 0.6) is 0 Å². The lowest BCUT2D eigenvalue weighted by Gasteiger charge is -2.57. The summed E-state index contributed by atoms with van der Waals surface area (Å²) in [5, 5.41) is 0. The number of hydrogen-bond donors (Lipinski definition) is 0. The molecule has 0 spiro atoms. The van der Waals surface area contributed by atoms with Crippen molar-refractivity contribution in [2.75, 3.05) is 32.7 Å². The first kappa shape index (κ1) is 18.3. The van der Waals surface area contributed by atoms with Gasteiger partial charge in [-0.05, 0) is 80.5 Å². The van der Waals surface area contributed by atoms with E-state index in [0.29, 0.717) is 18.0 Å². The Hall–Kier alpha value is -1.75. The Bertz CT molecular complexity index is 732. The number of amides is 1. The van der Waals surface area contributed by atoms with Crippen LogP contribution in [-0.2, 0) is 4.79 Å². The van der Waals surface area contributed by atoms with Gasteiger partial charge in [0.25, 0.3) is 0 Å². The number of benzene rings is 1. The Morgan fingerprint density at radius 2 is 1.43 bits per heavy atom. The van der Waals surface area contributed by atoms with Gasteiger partial charge in [0.15, 0.2) is 5.78 Å². The molecular formula is C23H29FN2O2.